The number of benzene rings is 1. The number of hydrogen-bond donors (Lipinski definition) is 0. The molecule has 2 aromatic rings. The van der Waals surface area contributed by atoms with Gasteiger partial charge in [-0.25, -0.2) is 0 Å². The van der Waals surface area contributed by atoms with Crippen LogP contribution in [0.2, 0.25) is 0 Å². The number of carbonyl (C=O) groups is 1. The molecule has 1 fully saturated rings. The largest absolute Gasteiger partial charge is 0.467 e. The van der Waals surface area contributed by atoms with E-state index < -0.39 is 0 Å². The van der Waals surface area contributed by atoms with Gasteiger partial charge < -0.3 is 14.1 Å². The monoisotopic (exact) mass is 369 g/mol. The second kappa shape index (κ2) is 10.3. The number of carbonyl (C=O) groups excluding carboxylic acids is 1. The lowest BCUT2D eigenvalue weighted by Crippen LogP contribution is -2.36. The lowest BCUT2D eigenvalue weighted by atomic mass is 10.0. The van der Waals surface area contributed by atoms with Crippen molar-refractivity contribution in [1.29, 1.82) is 0 Å². The normalized spacial score (nSPS) is 16.6. The Balaban J connectivity index is 1.63. The minimum atomic E-state index is 0.0411. The zero-order chi connectivity index (χ0) is 18.9. The maximum Gasteiger partial charge on any atom is 0.254 e. The first-order valence-corrected chi connectivity index (χ1v) is 10.3. The van der Waals surface area contributed by atoms with Crippen LogP contribution in [0.15, 0.2) is 47.1 Å². The second-order valence-corrected chi connectivity index (χ2v) is 7.41. The van der Waals surface area contributed by atoms with Crippen molar-refractivity contribution in [1.82, 2.24) is 4.90 Å². The standard InChI is InChI=1S/C23H31NO3/c1-2-3-4-5-8-19-11-13-20(14-12-19)23(25)24(17-21-9-6-15-26-21)18-22-10-7-16-27-22/h6,9,11-15,22H,2-5,7-8,10,16-18H2,1H3/t22-/m1/s1. The highest BCUT2D eigenvalue weighted by Crippen LogP contribution is 2.18. The molecular weight excluding hydrogens is 338 g/mol. The smallest absolute Gasteiger partial charge is 0.254 e. The van der Waals surface area contributed by atoms with E-state index >= 15 is 0 Å². The maximum atomic E-state index is 13.1. The molecule has 0 bridgehead atoms. The number of unbranched alkanes of at least 4 members (excludes halogenated alkanes) is 3. The molecule has 1 aromatic heterocycles. The molecule has 0 aliphatic carbocycles. The summed E-state index contributed by atoms with van der Waals surface area (Å²) in [6.07, 6.45) is 9.98. The molecule has 4 nitrogen and oxygen atoms in total. The molecule has 1 atom stereocenters. The number of amides is 1. The van der Waals surface area contributed by atoms with Crippen LogP contribution in [0.1, 0.15) is 67.1 Å². The topological polar surface area (TPSA) is 42.7 Å². The molecule has 1 aromatic carbocycles. The van der Waals surface area contributed by atoms with Crippen LogP contribution in [0.5, 0.6) is 0 Å². The van der Waals surface area contributed by atoms with Gasteiger partial charge in [-0.1, -0.05) is 38.3 Å². The van der Waals surface area contributed by atoms with E-state index in [1.165, 1.54) is 31.2 Å². The molecule has 1 saturated heterocycles. The minimum Gasteiger partial charge on any atom is -0.467 e. The summed E-state index contributed by atoms with van der Waals surface area (Å²) >= 11 is 0. The summed E-state index contributed by atoms with van der Waals surface area (Å²) in [4.78, 5) is 15.0. The van der Waals surface area contributed by atoms with Crippen molar-refractivity contribution in [3.63, 3.8) is 0 Å². The van der Waals surface area contributed by atoms with Crippen LogP contribution in [-0.4, -0.2) is 30.1 Å². The molecule has 3 rings (SSSR count). The number of ether oxygens (including phenoxy) is 1. The van der Waals surface area contributed by atoms with E-state index in [1.54, 1.807) is 6.26 Å². The highest BCUT2D eigenvalue weighted by molar-refractivity contribution is 5.94. The summed E-state index contributed by atoms with van der Waals surface area (Å²) in [6.45, 7) is 4.11. The van der Waals surface area contributed by atoms with Gasteiger partial charge in [0.15, 0.2) is 0 Å². The molecule has 0 N–H and O–H groups in total. The Labute approximate surface area is 162 Å². The van der Waals surface area contributed by atoms with Crippen LogP contribution in [-0.2, 0) is 17.7 Å². The summed E-state index contributed by atoms with van der Waals surface area (Å²) in [7, 11) is 0. The van der Waals surface area contributed by atoms with Gasteiger partial charge in [-0.15, -0.1) is 0 Å². The summed E-state index contributed by atoms with van der Waals surface area (Å²) in [6, 6.07) is 11.9. The van der Waals surface area contributed by atoms with E-state index in [2.05, 4.69) is 19.1 Å². The molecule has 1 aliphatic rings. The van der Waals surface area contributed by atoms with Crippen LogP contribution in [0.4, 0.5) is 0 Å². The Bertz CT molecular complexity index is 672. The van der Waals surface area contributed by atoms with Gasteiger partial charge in [-0.3, -0.25) is 4.79 Å². The summed E-state index contributed by atoms with van der Waals surface area (Å²) in [5.41, 5.74) is 2.04. The lowest BCUT2D eigenvalue weighted by Gasteiger charge is -2.25. The third-order valence-electron chi connectivity index (χ3n) is 5.18. The van der Waals surface area contributed by atoms with E-state index in [0.717, 1.165) is 37.2 Å². The highest BCUT2D eigenvalue weighted by Gasteiger charge is 2.24. The third kappa shape index (κ3) is 5.96. The fraction of sp³-hybridized carbons (Fsp3) is 0.522. The van der Waals surface area contributed by atoms with Gasteiger partial charge in [0.2, 0.25) is 0 Å². The van der Waals surface area contributed by atoms with Gasteiger partial charge in [0.25, 0.3) is 5.91 Å². The quantitative estimate of drug-likeness (QED) is 0.539. The van der Waals surface area contributed by atoms with Crippen molar-refractivity contribution in [3.05, 3.63) is 59.5 Å². The Hall–Kier alpha value is -2.07. The van der Waals surface area contributed by atoms with Crippen molar-refractivity contribution < 1.29 is 13.9 Å². The van der Waals surface area contributed by atoms with E-state index in [0.29, 0.717) is 13.1 Å². The van der Waals surface area contributed by atoms with Crippen LogP contribution in [0.3, 0.4) is 0 Å². The van der Waals surface area contributed by atoms with Gasteiger partial charge in [0.1, 0.15) is 5.76 Å². The van der Waals surface area contributed by atoms with Crippen LogP contribution < -0.4 is 0 Å². The van der Waals surface area contributed by atoms with Crippen LogP contribution in [0.25, 0.3) is 0 Å². The zero-order valence-corrected chi connectivity index (χ0v) is 16.4. The number of hydrogen-bond acceptors (Lipinski definition) is 3. The van der Waals surface area contributed by atoms with Crippen molar-refractivity contribution in [3.8, 4) is 0 Å². The molecule has 0 spiro atoms. The van der Waals surface area contributed by atoms with E-state index in [4.69, 9.17) is 9.15 Å². The van der Waals surface area contributed by atoms with Gasteiger partial charge in [-0.2, -0.15) is 0 Å². The summed E-state index contributed by atoms with van der Waals surface area (Å²) < 4.78 is 11.2. The Morgan fingerprint density at radius 2 is 2.00 bits per heavy atom. The van der Waals surface area contributed by atoms with E-state index in [-0.39, 0.29) is 12.0 Å². The first-order chi connectivity index (χ1) is 13.3. The molecule has 2 heterocycles. The molecular formula is C23H31NO3. The second-order valence-electron chi connectivity index (χ2n) is 7.41. The highest BCUT2D eigenvalue weighted by atomic mass is 16.5. The van der Waals surface area contributed by atoms with Crippen LogP contribution >= 0.6 is 0 Å². The summed E-state index contributed by atoms with van der Waals surface area (Å²) in [5, 5.41) is 0. The molecule has 0 saturated carbocycles. The number of furan rings is 1. The van der Waals surface area contributed by atoms with Gasteiger partial charge in [-0.05, 0) is 55.5 Å². The third-order valence-corrected chi connectivity index (χ3v) is 5.18. The maximum absolute atomic E-state index is 13.1. The Kier molecular flexibility index (Phi) is 7.52. The fourth-order valence-corrected chi connectivity index (χ4v) is 3.60. The van der Waals surface area contributed by atoms with Gasteiger partial charge in [0, 0.05) is 18.7 Å². The van der Waals surface area contributed by atoms with Crippen molar-refractivity contribution in [2.45, 2.75) is 64.5 Å². The predicted octanol–water partition coefficient (Wildman–Crippen LogP) is 5.22. The van der Waals surface area contributed by atoms with Crippen molar-refractivity contribution >= 4 is 5.91 Å². The van der Waals surface area contributed by atoms with Crippen molar-refractivity contribution in [2.24, 2.45) is 0 Å². The number of aryl methyl sites for hydroxylation is 1. The molecule has 27 heavy (non-hydrogen) atoms. The molecule has 0 radical (unpaired) electrons. The summed E-state index contributed by atoms with van der Waals surface area (Å²) in [5.74, 6) is 0.841. The zero-order valence-electron chi connectivity index (χ0n) is 16.4. The first-order valence-electron chi connectivity index (χ1n) is 10.3. The molecule has 146 valence electrons. The Morgan fingerprint density at radius 3 is 2.67 bits per heavy atom. The van der Waals surface area contributed by atoms with E-state index in [1.807, 2.05) is 29.2 Å². The number of rotatable bonds is 10. The molecule has 1 amide bonds. The average molecular weight is 370 g/mol. The Morgan fingerprint density at radius 1 is 1.15 bits per heavy atom. The fourth-order valence-electron chi connectivity index (χ4n) is 3.60. The van der Waals surface area contributed by atoms with Gasteiger partial charge in [0.05, 0.1) is 18.9 Å². The molecule has 4 heteroatoms. The molecule has 0 unspecified atom stereocenters. The predicted molar refractivity (Wildman–Crippen MR) is 107 cm³/mol. The average Bonchev–Trinajstić information content (AvgIpc) is 3.39. The van der Waals surface area contributed by atoms with Crippen molar-refractivity contribution in [2.75, 3.05) is 13.2 Å². The first kappa shape index (κ1) is 19.7. The molecule has 1 aliphatic heterocycles. The number of nitrogens with zero attached hydrogens (tertiary/aromatic N) is 1. The SMILES string of the molecule is CCCCCCc1ccc(C(=O)N(Cc2ccco2)C[C@H]2CCCO2)cc1. The minimum absolute atomic E-state index is 0.0411. The lowest BCUT2D eigenvalue weighted by molar-refractivity contribution is 0.0491. The van der Waals surface area contributed by atoms with E-state index in [9.17, 15) is 4.79 Å². The van der Waals surface area contributed by atoms with Crippen LogP contribution in [0, 0.1) is 0 Å². The van der Waals surface area contributed by atoms with Gasteiger partial charge >= 0.3 is 0 Å².